The summed E-state index contributed by atoms with van der Waals surface area (Å²) in [5.41, 5.74) is 2.92. The summed E-state index contributed by atoms with van der Waals surface area (Å²) < 4.78 is 13.0. The van der Waals surface area contributed by atoms with Crippen molar-refractivity contribution >= 4 is 46.7 Å². The van der Waals surface area contributed by atoms with Crippen LogP contribution in [0.15, 0.2) is 66.2 Å². The first kappa shape index (κ1) is 20.9. The van der Waals surface area contributed by atoms with Gasteiger partial charge in [-0.05, 0) is 59.7 Å². The monoisotopic (exact) mass is 449 g/mol. The molecule has 0 bridgehead atoms. The molecule has 3 nitrogen and oxygen atoms in total. The van der Waals surface area contributed by atoms with Crippen molar-refractivity contribution in [2.75, 3.05) is 5.32 Å². The van der Waals surface area contributed by atoms with Gasteiger partial charge in [0.1, 0.15) is 5.82 Å². The summed E-state index contributed by atoms with van der Waals surface area (Å²) in [5.74, 6) is 4.85. The first-order chi connectivity index (χ1) is 14.9. The third-order valence-corrected chi connectivity index (χ3v) is 5.43. The van der Waals surface area contributed by atoms with E-state index >= 15 is 0 Å². The van der Waals surface area contributed by atoms with E-state index in [0.717, 1.165) is 5.56 Å². The second-order valence-electron chi connectivity index (χ2n) is 6.88. The average Bonchev–Trinajstić information content (AvgIpc) is 2.75. The van der Waals surface area contributed by atoms with Crippen molar-refractivity contribution < 1.29 is 14.0 Å². The molecule has 1 aliphatic heterocycles. The zero-order valence-electron chi connectivity index (χ0n) is 16.0. The second-order valence-corrected chi connectivity index (χ2v) is 7.69. The number of benzene rings is 3. The van der Waals surface area contributed by atoms with E-state index < -0.39 is 11.7 Å². The lowest BCUT2D eigenvalue weighted by molar-refractivity contribution is -0.112. The van der Waals surface area contributed by atoms with E-state index in [1.54, 1.807) is 48.5 Å². The third-order valence-electron chi connectivity index (χ3n) is 4.69. The third kappa shape index (κ3) is 4.69. The summed E-state index contributed by atoms with van der Waals surface area (Å²) in [6.07, 6.45) is 1.93. The highest BCUT2D eigenvalue weighted by molar-refractivity contribution is 6.42. The van der Waals surface area contributed by atoms with Gasteiger partial charge in [-0.1, -0.05) is 53.2 Å². The fourth-order valence-electron chi connectivity index (χ4n) is 3.11. The van der Waals surface area contributed by atoms with Crippen LogP contribution in [0, 0.1) is 17.7 Å². The number of ketones is 1. The molecule has 31 heavy (non-hydrogen) atoms. The molecule has 3 aromatic rings. The van der Waals surface area contributed by atoms with E-state index in [9.17, 15) is 14.0 Å². The van der Waals surface area contributed by atoms with E-state index in [1.807, 2.05) is 0 Å². The lowest BCUT2D eigenvalue weighted by atomic mass is 9.94. The highest BCUT2D eigenvalue weighted by Gasteiger charge is 2.28. The molecule has 1 heterocycles. The number of hydrogen-bond donors (Lipinski definition) is 1. The molecule has 0 spiro atoms. The number of nitrogens with one attached hydrogen (secondary N) is 1. The van der Waals surface area contributed by atoms with Gasteiger partial charge < -0.3 is 5.32 Å². The Bertz CT molecular complexity index is 1300. The molecule has 1 amide bonds. The maximum Gasteiger partial charge on any atom is 0.259 e. The molecule has 152 valence electrons. The van der Waals surface area contributed by atoms with Crippen molar-refractivity contribution in [3.8, 4) is 11.8 Å². The molecule has 0 aliphatic carbocycles. The van der Waals surface area contributed by atoms with E-state index in [-0.39, 0.29) is 11.4 Å². The molecule has 0 saturated carbocycles. The van der Waals surface area contributed by atoms with Gasteiger partial charge in [0.25, 0.3) is 5.91 Å². The Labute approximate surface area is 188 Å². The van der Waals surface area contributed by atoms with Gasteiger partial charge in [-0.25, -0.2) is 4.39 Å². The van der Waals surface area contributed by atoms with Crippen LogP contribution >= 0.6 is 23.2 Å². The topological polar surface area (TPSA) is 46.2 Å². The smallest absolute Gasteiger partial charge is 0.259 e. The highest BCUT2D eigenvalue weighted by atomic mass is 35.5. The zero-order valence-corrected chi connectivity index (χ0v) is 17.5. The second kappa shape index (κ2) is 8.77. The van der Waals surface area contributed by atoms with Crippen molar-refractivity contribution in [1.29, 1.82) is 0 Å². The van der Waals surface area contributed by atoms with Crippen LogP contribution in [0.4, 0.5) is 10.1 Å². The van der Waals surface area contributed by atoms with E-state index in [0.29, 0.717) is 38.8 Å². The van der Waals surface area contributed by atoms with Gasteiger partial charge in [0.05, 0.1) is 21.3 Å². The number of rotatable bonds is 2. The minimum absolute atomic E-state index is 0.00214. The summed E-state index contributed by atoms with van der Waals surface area (Å²) in [5, 5.41) is 3.45. The number of Topliss-reactive ketones (excluding diaryl/α,β-unsaturated/α-hetero) is 1. The number of carbonyl (C=O) groups excluding carboxylic acids is 2. The predicted molar refractivity (Wildman–Crippen MR) is 121 cm³/mol. The molecule has 6 heteroatoms. The van der Waals surface area contributed by atoms with Crippen molar-refractivity contribution in [1.82, 2.24) is 0 Å². The van der Waals surface area contributed by atoms with Crippen molar-refractivity contribution in [3.05, 3.63) is 104 Å². The number of anilines is 1. The maximum absolute atomic E-state index is 13.0. The molecule has 4 rings (SSSR count). The highest BCUT2D eigenvalue weighted by Crippen LogP contribution is 2.29. The molecule has 0 fully saturated rings. The Kier molecular flexibility index (Phi) is 5.90. The van der Waals surface area contributed by atoms with E-state index in [2.05, 4.69) is 17.2 Å². The number of carbonyl (C=O) groups is 2. The lowest BCUT2D eigenvalue weighted by Crippen LogP contribution is -2.27. The summed E-state index contributed by atoms with van der Waals surface area (Å²) in [6, 6.07) is 16.0. The Morgan fingerprint density at radius 2 is 1.71 bits per heavy atom. The van der Waals surface area contributed by atoms with Crippen LogP contribution in [0.1, 0.15) is 27.0 Å². The molecular weight excluding hydrogens is 436 g/mol. The number of amides is 1. The van der Waals surface area contributed by atoms with E-state index in [1.165, 1.54) is 18.2 Å². The van der Waals surface area contributed by atoms with Crippen LogP contribution in [0.5, 0.6) is 0 Å². The largest absolute Gasteiger partial charge is 0.321 e. The van der Waals surface area contributed by atoms with Gasteiger partial charge in [0.2, 0.25) is 5.78 Å². The van der Waals surface area contributed by atoms with Gasteiger partial charge in [0.15, 0.2) is 0 Å². The molecule has 0 saturated heterocycles. The quantitative estimate of drug-likeness (QED) is 0.298. The number of halogens is 3. The maximum atomic E-state index is 13.0. The Balaban J connectivity index is 1.60. The van der Waals surface area contributed by atoms with Crippen LogP contribution in [-0.4, -0.2) is 11.7 Å². The predicted octanol–water partition coefficient (Wildman–Crippen LogP) is 5.95. The van der Waals surface area contributed by atoms with Gasteiger partial charge in [-0.3, -0.25) is 9.59 Å². The summed E-state index contributed by atoms with van der Waals surface area (Å²) in [7, 11) is 0. The molecular formula is C25H14Cl2FNO2. The molecule has 0 atom stereocenters. The van der Waals surface area contributed by atoms with Gasteiger partial charge >= 0.3 is 0 Å². The molecule has 0 aromatic heterocycles. The van der Waals surface area contributed by atoms with Crippen LogP contribution in [-0.2, 0) is 11.2 Å². The Morgan fingerprint density at radius 3 is 2.45 bits per heavy atom. The standard InChI is InChI=1S/C25H14Cl2FNO2/c26-21-10-6-17(14-22(21)27)13-20-24(30)19-12-16(7-11-23(19)29-25(20)31)3-1-2-15-4-8-18(28)9-5-15/h4-14H,2H2,(H,29,31). The Morgan fingerprint density at radius 1 is 0.935 bits per heavy atom. The van der Waals surface area contributed by atoms with Crippen LogP contribution in [0.2, 0.25) is 10.0 Å². The fourth-order valence-corrected chi connectivity index (χ4v) is 3.41. The van der Waals surface area contributed by atoms with Crippen molar-refractivity contribution in [2.24, 2.45) is 0 Å². The molecule has 1 aliphatic rings. The zero-order chi connectivity index (χ0) is 22.0. The van der Waals surface area contributed by atoms with Gasteiger partial charge in [0, 0.05) is 17.5 Å². The minimum Gasteiger partial charge on any atom is -0.321 e. The van der Waals surface area contributed by atoms with Gasteiger partial charge in [-0.2, -0.15) is 0 Å². The first-order valence-electron chi connectivity index (χ1n) is 9.31. The molecule has 3 aromatic carbocycles. The minimum atomic E-state index is -0.487. The number of fused-ring (bicyclic) bond motifs is 1. The molecule has 0 radical (unpaired) electrons. The summed E-state index contributed by atoms with van der Waals surface area (Å²) in [6.45, 7) is 0. The Hall–Kier alpha value is -3.39. The fraction of sp³-hybridized carbons (Fsp3) is 0.0400. The first-order valence-corrected chi connectivity index (χ1v) is 10.1. The van der Waals surface area contributed by atoms with Crippen molar-refractivity contribution in [3.63, 3.8) is 0 Å². The SMILES string of the molecule is O=C1Nc2ccc(C#CCc3ccc(F)cc3)cc2C(=O)C1=Cc1ccc(Cl)c(Cl)c1. The summed E-state index contributed by atoms with van der Waals surface area (Å²) >= 11 is 12.0. The normalized spacial score (nSPS) is 14.0. The molecule has 0 unspecified atom stereocenters. The van der Waals surface area contributed by atoms with E-state index in [4.69, 9.17) is 23.2 Å². The van der Waals surface area contributed by atoms with Crippen molar-refractivity contribution in [2.45, 2.75) is 6.42 Å². The van der Waals surface area contributed by atoms with Crippen LogP contribution in [0.25, 0.3) is 6.08 Å². The molecule has 1 N–H and O–H groups in total. The van der Waals surface area contributed by atoms with Crippen LogP contribution in [0.3, 0.4) is 0 Å². The summed E-state index contributed by atoms with van der Waals surface area (Å²) in [4.78, 5) is 25.4. The lowest BCUT2D eigenvalue weighted by Gasteiger charge is -2.18. The average molecular weight is 450 g/mol. The number of hydrogen-bond acceptors (Lipinski definition) is 2. The van der Waals surface area contributed by atoms with Crippen LogP contribution < -0.4 is 5.32 Å². The van der Waals surface area contributed by atoms with Gasteiger partial charge in [-0.15, -0.1) is 0 Å².